The van der Waals surface area contributed by atoms with Gasteiger partial charge >= 0.3 is 0 Å². The lowest BCUT2D eigenvalue weighted by atomic mass is 9.77. The Morgan fingerprint density at radius 3 is 2.68 bits per heavy atom. The number of methoxy groups -OCH3 is 2. The molecule has 2 aromatic rings. The van der Waals surface area contributed by atoms with Crippen molar-refractivity contribution in [1.29, 1.82) is 0 Å². The Balaban J connectivity index is 1.34. The fraction of sp³-hybridized carbons (Fsp3) is 0.333. The van der Waals surface area contributed by atoms with E-state index in [1.165, 1.54) is 0 Å². The maximum Gasteiger partial charge on any atom is 0.234 e. The van der Waals surface area contributed by atoms with Crippen molar-refractivity contribution in [2.45, 2.75) is 18.2 Å². The number of ether oxygens (including phenoxy) is 3. The number of hydrogen-bond acceptors (Lipinski definition) is 5. The predicted octanol–water partition coefficient (Wildman–Crippen LogP) is 2.31. The highest BCUT2D eigenvalue weighted by atomic mass is 16.5. The van der Waals surface area contributed by atoms with E-state index in [9.17, 15) is 9.59 Å². The summed E-state index contributed by atoms with van der Waals surface area (Å²) in [6.45, 7) is 0.758. The third-order valence-electron chi connectivity index (χ3n) is 6.39. The van der Waals surface area contributed by atoms with Gasteiger partial charge in [-0.15, -0.1) is 0 Å². The first-order valence-electron chi connectivity index (χ1n) is 10.3. The van der Waals surface area contributed by atoms with E-state index in [0.717, 1.165) is 22.7 Å². The number of rotatable bonds is 6. The second-order valence-corrected chi connectivity index (χ2v) is 8.09. The van der Waals surface area contributed by atoms with Crippen molar-refractivity contribution < 1.29 is 23.8 Å². The molecular weight excluding hydrogens is 396 g/mol. The van der Waals surface area contributed by atoms with Gasteiger partial charge < -0.3 is 24.4 Å². The summed E-state index contributed by atoms with van der Waals surface area (Å²) < 4.78 is 16.6. The lowest BCUT2D eigenvalue weighted by molar-refractivity contribution is -0.132. The first-order chi connectivity index (χ1) is 15.0. The van der Waals surface area contributed by atoms with E-state index in [1.54, 1.807) is 19.1 Å². The summed E-state index contributed by atoms with van der Waals surface area (Å²) in [7, 11) is 3.21. The van der Waals surface area contributed by atoms with Crippen molar-refractivity contribution >= 4 is 17.5 Å². The smallest absolute Gasteiger partial charge is 0.234 e. The number of nitrogens with zero attached hydrogens (tertiary/aromatic N) is 1. The normalized spacial score (nSPS) is 28.0. The van der Waals surface area contributed by atoms with E-state index in [-0.39, 0.29) is 17.9 Å². The van der Waals surface area contributed by atoms with Crippen LogP contribution in [0, 0.1) is 11.8 Å². The molecule has 2 saturated heterocycles. The molecule has 1 N–H and O–H groups in total. The molecule has 3 heterocycles. The van der Waals surface area contributed by atoms with E-state index in [1.807, 2.05) is 60.7 Å². The average molecular weight is 420 g/mol. The van der Waals surface area contributed by atoms with Crippen molar-refractivity contribution in [3.8, 4) is 11.5 Å². The molecule has 7 nitrogen and oxygen atoms in total. The van der Waals surface area contributed by atoms with Crippen LogP contribution in [0.15, 0.2) is 60.7 Å². The largest absolute Gasteiger partial charge is 0.497 e. The quantitative estimate of drug-likeness (QED) is 0.726. The number of fused-ring (bicyclic) bond motifs is 1. The number of amides is 2. The molecule has 5 rings (SSSR count). The second kappa shape index (κ2) is 7.42. The highest BCUT2D eigenvalue weighted by Crippen LogP contribution is 2.52. The summed E-state index contributed by atoms with van der Waals surface area (Å²) in [5.74, 6) is 0.118. The molecular formula is C24H24N2O5. The van der Waals surface area contributed by atoms with Gasteiger partial charge in [0.2, 0.25) is 11.8 Å². The minimum Gasteiger partial charge on any atom is -0.497 e. The molecule has 0 saturated carbocycles. The van der Waals surface area contributed by atoms with Crippen molar-refractivity contribution in [1.82, 2.24) is 5.32 Å². The predicted molar refractivity (Wildman–Crippen MR) is 114 cm³/mol. The number of hydrogen-bond donors (Lipinski definition) is 1. The summed E-state index contributed by atoms with van der Waals surface area (Å²) in [6.07, 6.45) is 3.49. The van der Waals surface area contributed by atoms with Gasteiger partial charge in [0.05, 0.1) is 38.7 Å². The van der Waals surface area contributed by atoms with Gasteiger partial charge in [0.1, 0.15) is 17.1 Å². The van der Waals surface area contributed by atoms with Gasteiger partial charge in [-0.25, -0.2) is 0 Å². The zero-order valence-electron chi connectivity index (χ0n) is 17.4. The third-order valence-corrected chi connectivity index (χ3v) is 6.39. The minimum atomic E-state index is -0.750. The maximum atomic E-state index is 13.4. The molecule has 0 aliphatic carbocycles. The number of carbonyl (C=O) groups is 2. The third kappa shape index (κ3) is 3.16. The van der Waals surface area contributed by atoms with Crippen LogP contribution in [0.25, 0.3) is 0 Å². The number of nitrogens with one attached hydrogen (secondary N) is 1. The molecule has 3 aliphatic heterocycles. The minimum absolute atomic E-state index is 0.0847. The standard InChI is InChI=1S/C24H24N2O5/c1-29-17-8-6-16(7-9-17)26-14-24-11-10-19(31-24)20(21(24)23(26)28)22(27)25-13-15-4-3-5-18(12-15)30-2/h3-12,19-21H,13-14H2,1-2H3,(H,25,27). The van der Waals surface area contributed by atoms with E-state index < -0.39 is 17.4 Å². The first-order valence-corrected chi connectivity index (χ1v) is 10.3. The highest BCUT2D eigenvalue weighted by molar-refractivity contribution is 6.03. The molecule has 3 aliphatic rings. The topological polar surface area (TPSA) is 77.1 Å². The van der Waals surface area contributed by atoms with E-state index in [0.29, 0.717) is 13.1 Å². The van der Waals surface area contributed by atoms with Gasteiger partial charge in [-0.2, -0.15) is 0 Å². The Morgan fingerprint density at radius 2 is 1.94 bits per heavy atom. The molecule has 2 bridgehead atoms. The van der Waals surface area contributed by atoms with Crippen molar-refractivity contribution in [3.63, 3.8) is 0 Å². The number of carbonyl (C=O) groups excluding carboxylic acids is 2. The highest BCUT2D eigenvalue weighted by Gasteiger charge is 2.67. The van der Waals surface area contributed by atoms with Crippen molar-refractivity contribution in [3.05, 3.63) is 66.2 Å². The van der Waals surface area contributed by atoms with Crippen LogP contribution in [0.1, 0.15) is 5.56 Å². The van der Waals surface area contributed by atoms with Crippen LogP contribution in [0.3, 0.4) is 0 Å². The van der Waals surface area contributed by atoms with Crippen LogP contribution < -0.4 is 19.7 Å². The first kappa shape index (κ1) is 19.6. The average Bonchev–Trinajstić information content (AvgIpc) is 3.46. The summed E-state index contributed by atoms with van der Waals surface area (Å²) in [4.78, 5) is 28.2. The fourth-order valence-electron chi connectivity index (χ4n) is 4.87. The van der Waals surface area contributed by atoms with Gasteiger partial charge in [-0.1, -0.05) is 24.3 Å². The van der Waals surface area contributed by atoms with E-state index in [2.05, 4.69) is 5.32 Å². The Bertz CT molecular complexity index is 1050. The van der Waals surface area contributed by atoms with Gasteiger partial charge in [0.25, 0.3) is 0 Å². The molecule has 2 amide bonds. The molecule has 0 radical (unpaired) electrons. The fourth-order valence-corrected chi connectivity index (χ4v) is 4.87. The van der Waals surface area contributed by atoms with Crippen LogP contribution in [0.4, 0.5) is 5.69 Å². The SMILES string of the molecule is COc1ccc(N2CC34C=CC(O3)C(C(=O)NCc3cccc(OC)c3)C4C2=O)cc1. The molecule has 4 unspecified atom stereocenters. The van der Waals surface area contributed by atoms with E-state index in [4.69, 9.17) is 14.2 Å². The Hall–Kier alpha value is -3.32. The van der Waals surface area contributed by atoms with Gasteiger partial charge in [-0.05, 0) is 42.0 Å². The van der Waals surface area contributed by atoms with E-state index >= 15 is 0 Å². The molecule has 4 atom stereocenters. The molecule has 160 valence electrons. The van der Waals surface area contributed by atoms with Crippen LogP contribution in [-0.4, -0.2) is 44.3 Å². The van der Waals surface area contributed by atoms with Crippen molar-refractivity contribution in [2.24, 2.45) is 11.8 Å². The zero-order valence-corrected chi connectivity index (χ0v) is 17.4. The van der Waals surface area contributed by atoms with Gasteiger partial charge in [0, 0.05) is 12.2 Å². The molecule has 0 aromatic heterocycles. The number of anilines is 1. The Labute approximate surface area is 180 Å². The summed E-state index contributed by atoms with van der Waals surface area (Å²) in [6, 6.07) is 14.9. The monoisotopic (exact) mass is 420 g/mol. The van der Waals surface area contributed by atoms with Crippen LogP contribution in [0.2, 0.25) is 0 Å². The van der Waals surface area contributed by atoms with Crippen LogP contribution >= 0.6 is 0 Å². The molecule has 31 heavy (non-hydrogen) atoms. The maximum absolute atomic E-state index is 13.4. The Kier molecular flexibility index (Phi) is 4.70. The molecule has 1 spiro atoms. The second-order valence-electron chi connectivity index (χ2n) is 8.09. The van der Waals surface area contributed by atoms with Crippen LogP contribution in [0.5, 0.6) is 11.5 Å². The summed E-state index contributed by atoms with van der Waals surface area (Å²) >= 11 is 0. The van der Waals surface area contributed by atoms with Gasteiger partial charge in [-0.3, -0.25) is 9.59 Å². The lowest BCUT2D eigenvalue weighted by Gasteiger charge is -2.23. The zero-order chi connectivity index (χ0) is 21.6. The molecule has 7 heteroatoms. The Morgan fingerprint density at radius 1 is 1.16 bits per heavy atom. The van der Waals surface area contributed by atoms with Crippen LogP contribution in [-0.2, 0) is 20.9 Å². The lowest BCUT2D eigenvalue weighted by Crippen LogP contribution is -2.43. The summed E-state index contributed by atoms with van der Waals surface area (Å²) in [5.41, 5.74) is 0.949. The molecule has 2 fully saturated rings. The molecule has 2 aromatic carbocycles. The number of benzene rings is 2. The van der Waals surface area contributed by atoms with Crippen molar-refractivity contribution in [2.75, 3.05) is 25.7 Å². The summed E-state index contributed by atoms with van der Waals surface area (Å²) in [5, 5.41) is 2.98. The van der Waals surface area contributed by atoms with Gasteiger partial charge in [0.15, 0.2) is 0 Å².